The van der Waals surface area contributed by atoms with Gasteiger partial charge in [-0.1, -0.05) is 19.1 Å². The van der Waals surface area contributed by atoms with E-state index in [4.69, 9.17) is 13.1 Å². The molecule has 2 nitrogen and oxygen atoms in total. The van der Waals surface area contributed by atoms with Crippen molar-refractivity contribution in [1.82, 2.24) is 0 Å². The maximum Gasteiger partial charge on any atom is 0.233 e. The minimum atomic E-state index is -0.276. The molecule has 0 bridgehead atoms. The highest BCUT2D eigenvalue weighted by molar-refractivity contribution is 5.20. The van der Waals surface area contributed by atoms with E-state index in [-0.39, 0.29) is 11.1 Å². The van der Waals surface area contributed by atoms with Crippen LogP contribution in [0.5, 0.6) is 0 Å². The van der Waals surface area contributed by atoms with Crippen LogP contribution in [-0.2, 0) is 0 Å². The maximum atomic E-state index is 7.81. The third-order valence-electron chi connectivity index (χ3n) is 7.64. The number of hydrogen-bond donors (Lipinski definition) is 0. The van der Waals surface area contributed by atoms with Crippen molar-refractivity contribution in [2.24, 2.45) is 35.5 Å². The molecule has 0 aromatic rings. The van der Waals surface area contributed by atoms with Crippen molar-refractivity contribution in [3.63, 3.8) is 0 Å². The van der Waals surface area contributed by atoms with E-state index in [1.807, 2.05) is 0 Å². The van der Waals surface area contributed by atoms with Crippen LogP contribution in [0.2, 0.25) is 0 Å². The Morgan fingerprint density at radius 2 is 2.00 bits per heavy atom. The van der Waals surface area contributed by atoms with Crippen molar-refractivity contribution in [1.29, 1.82) is 0 Å². The Kier molecular flexibility index (Phi) is 4.32. The van der Waals surface area contributed by atoms with Crippen LogP contribution < -0.4 is 0 Å². The normalized spacial score (nSPS) is 45.0. The third-order valence-corrected chi connectivity index (χ3v) is 7.64. The van der Waals surface area contributed by atoms with Crippen molar-refractivity contribution >= 4 is 0 Å². The molecule has 0 unspecified atom stereocenters. The lowest BCUT2D eigenvalue weighted by Crippen LogP contribution is -2.55. The fourth-order valence-electron chi connectivity index (χ4n) is 6.50. The minimum absolute atomic E-state index is 0.170. The molecule has 3 saturated carbocycles. The van der Waals surface area contributed by atoms with E-state index in [0.29, 0.717) is 23.7 Å². The number of hydrogen-bond acceptors (Lipinski definition) is 0. The molecule has 24 heavy (non-hydrogen) atoms. The molecular formula is C22H32N2. The smallest absolute Gasteiger partial charge is 0.233 e. The Hall–Kier alpha value is -1.28. The summed E-state index contributed by atoms with van der Waals surface area (Å²) in [4.78, 5) is 8.02. The maximum absolute atomic E-state index is 7.81. The summed E-state index contributed by atoms with van der Waals surface area (Å²) in [5.74, 6) is 3.78. The summed E-state index contributed by atoms with van der Waals surface area (Å²) in [6, 6.07) is 0. The zero-order valence-corrected chi connectivity index (χ0v) is 15.8. The standard InChI is InChI=1S/C22H32N2/c1-14-8-9-18-20-17(10-11-22(18,5)24-7)15(2)12-16(19(14)20)13-21(3,4)23-6/h15-20H,1,8-13H2,2-5H3/t15-,16-,17+,18-,19-,20+,22+/m1/s1. The van der Waals surface area contributed by atoms with Gasteiger partial charge in [-0.25, -0.2) is 13.1 Å². The van der Waals surface area contributed by atoms with Crippen molar-refractivity contribution in [2.45, 2.75) is 77.3 Å². The summed E-state index contributed by atoms with van der Waals surface area (Å²) in [7, 11) is 0. The topological polar surface area (TPSA) is 8.72 Å². The van der Waals surface area contributed by atoms with Crippen molar-refractivity contribution in [3.05, 3.63) is 35.0 Å². The molecule has 3 aliphatic carbocycles. The van der Waals surface area contributed by atoms with Crippen LogP contribution in [0, 0.1) is 48.7 Å². The van der Waals surface area contributed by atoms with Gasteiger partial charge in [-0.3, -0.25) is 0 Å². The molecule has 0 aromatic carbocycles. The molecule has 3 aliphatic rings. The molecule has 0 saturated heterocycles. The summed E-state index contributed by atoms with van der Waals surface area (Å²) < 4.78 is 0. The number of allylic oxidation sites excluding steroid dienone is 1. The third kappa shape index (κ3) is 2.69. The summed E-state index contributed by atoms with van der Waals surface area (Å²) in [5, 5.41) is 0. The van der Waals surface area contributed by atoms with E-state index in [9.17, 15) is 0 Å². The Morgan fingerprint density at radius 3 is 2.62 bits per heavy atom. The average molecular weight is 325 g/mol. The quantitative estimate of drug-likeness (QED) is 0.434. The van der Waals surface area contributed by atoms with Crippen LogP contribution in [0.4, 0.5) is 0 Å². The molecule has 130 valence electrons. The minimum Gasteiger partial charge on any atom is -0.311 e. The second-order valence-electron chi connectivity index (χ2n) is 9.68. The van der Waals surface area contributed by atoms with E-state index < -0.39 is 0 Å². The fraction of sp³-hybridized carbons (Fsp3) is 0.818. The van der Waals surface area contributed by atoms with Crippen LogP contribution in [0.3, 0.4) is 0 Å². The monoisotopic (exact) mass is 324 g/mol. The van der Waals surface area contributed by atoms with Gasteiger partial charge in [-0.05, 0) is 55.3 Å². The van der Waals surface area contributed by atoms with Crippen molar-refractivity contribution in [3.8, 4) is 0 Å². The van der Waals surface area contributed by atoms with Gasteiger partial charge in [-0.2, -0.15) is 0 Å². The molecule has 2 heteroatoms. The number of nitrogens with zero attached hydrogens (tertiary/aromatic N) is 2. The highest BCUT2D eigenvalue weighted by atomic mass is 14.8. The molecule has 3 fully saturated rings. The van der Waals surface area contributed by atoms with E-state index in [1.54, 1.807) is 0 Å². The lowest BCUT2D eigenvalue weighted by atomic mass is 9.46. The molecule has 0 aromatic heterocycles. The first-order valence-corrected chi connectivity index (χ1v) is 9.67. The first-order valence-electron chi connectivity index (χ1n) is 9.67. The Balaban J connectivity index is 1.97. The highest BCUT2D eigenvalue weighted by Gasteiger charge is 2.59. The number of rotatable bonds is 2. The molecule has 0 amide bonds. The summed E-state index contributed by atoms with van der Waals surface area (Å²) in [6.45, 7) is 28.6. The fourth-order valence-corrected chi connectivity index (χ4v) is 6.50. The van der Waals surface area contributed by atoms with E-state index in [0.717, 1.165) is 37.5 Å². The lowest BCUT2D eigenvalue weighted by molar-refractivity contribution is -0.0535. The summed E-state index contributed by atoms with van der Waals surface area (Å²) in [6.07, 6.45) is 6.75. The van der Waals surface area contributed by atoms with Gasteiger partial charge in [0, 0.05) is 39.5 Å². The second-order valence-corrected chi connectivity index (χ2v) is 9.68. The van der Waals surface area contributed by atoms with Gasteiger partial charge in [-0.15, -0.1) is 0 Å². The predicted octanol–water partition coefficient (Wildman–Crippen LogP) is 6.02. The van der Waals surface area contributed by atoms with Crippen LogP contribution in [-0.4, -0.2) is 11.1 Å². The molecule has 0 heterocycles. The van der Waals surface area contributed by atoms with Gasteiger partial charge in [0.25, 0.3) is 0 Å². The lowest BCUT2D eigenvalue weighted by Gasteiger charge is -2.57. The van der Waals surface area contributed by atoms with Gasteiger partial charge < -0.3 is 9.69 Å². The largest absolute Gasteiger partial charge is 0.311 e. The molecule has 0 aliphatic heterocycles. The first kappa shape index (κ1) is 17.5. The van der Waals surface area contributed by atoms with E-state index >= 15 is 0 Å². The molecular weight excluding hydrogens is 292 g/mol. The summed E-state index contributed by atoms with van der Waals surface area (Å²) in [5.41, 5.74) is 0.979. The predicted molar refractivity (Wildman–Crippen MR) is 99.1 cm³/mol. The first-order chi connectivity index (χ1) is 11.2. The van der Waals surface area contributed by atoms with E-state index in [2.05, 4.69) is 44.0 Å². The molecule has 0 spiro atoms. The van der Waals surface area contributed by atoms with Crippen LogP contribution in [0.25, 0.3) is 9.69 Å². The van der Waals surface area contributed by atoms with Crippen LogP contribution in [0.1, 0.15) is 66.2 Å². The van der Waals surface area contributed by atoms with Crippen LogP contribution in [0.15, 0.2) is 12.2 Å². The van der Waals surface area contributed by atoms with Gasteiger partial charge in [0.2, 0.25) is 11.1 Å². The zero-order valence-electron chi connectivity index (χ0n) is 15.8. The zero-order chi connectivity index (χ0) is 17.7. The Labute approximate surface area is 148 Å². The van der Waals surface area contributed by atoms with Gasteiger partial charge >= 0.3 is 0 Å². The molecule has 7 atom stereocenters. The van der Waals surface area contributed by atoms with Gasteiger partial charge in [0.15, 0.2) is 0 Å². The molecule has 0 N–H and O–H groups in total. The highest BCUT2D eigenvalue weighted by Crippen LogP contribution is 2.61. The van der Waals surface area contributed by atoms with Crippen molar-refractivity contribution < 1.29 is 0 Å². The Bertz CT molecular complexity index is 604. The van der Waals surface area contributed by atoms with Crippen molar-refractivity contribution in [2.75, 3.05) is 0 Å². The van der Waals surface area contributed by atoms with E-state index in [1.165, 1.54) is 18.4 Å². The second kappa shape index (κ2) is 5.91. The summed E-state index contributed by atoms with van der Waals surface area (Å²) >= 11 is 0. The van der Waals surface area contributed by atoms with Gasteiger partial charge in [0.05, 0.1) is 0 Å². The average Bonchev–Trinajstić information content (AvgIpc) is 2.53. The van der Waals surface area contributed by atoms with Crippen LogP contribution >= 0.6 is 0 Å². The Morgan fingerprint density at radius 1 is 1.29 bits per heavy atom. The van der Waals surface area contributed by atoms with Gasteiger partial charge in [0.1, 0.15) is 0 Å². The molecule has 3 rings (SSSR count). The SMILES string of the molecule is [C-]#[N+]C(C)(C)C[C@H]1C[C@@H](C)[C@@H]2CC[C@](C)([N+]#[C-])[C@@H]3CCC(=C)[C@H]1[C@@H]23. The molecule has 0 radical (unpaired) electrons.